The summed E-state index contributed by atoms with van der Waals surface area (Å²) in [5, 5.41) is 9.02. The van der Waals surface area contributed by atoms with Crippen molar-refractivity contribution >= 4 is 33.2 Å². The minimum Gasteiger partial charge on any atom is -0.312 e. The molecule has 0 aliphatic carbocycles. The summed E-state index contributed by atoms with van der Waals surface area (Å²) < 4.78 is 27.4. The Morgan fingerprint density at radius 1 is 1.00 bits per heavy atom. The highest BCUT2D eigenvalue weighted by molar-refractivity contribution is 7.89. The van der Waals surface area contributed by atoms with E-state index in [9.17, 15) is 13.2 Å². The van der Waals surface area contributed by atoms with Gasteiger partial charge in [0.05, 0.1) is 22.9 Å². The van der Waals surface area contributed by atoms with Gasteiger partial charge >= 0.3 is 0 Å². The molecule has 8 heteroatoms. The third kappa shape index (κ3) is 3.60. The molecule has 2 aromatic carbocycles. The largest absolute Gasteiger partial charge is 0.312 e. The quantitative estimate of drug-likeness (QED) is 0.722. The molecule has 2 heterocycles. The van der Waals surface area contributed by atoms with Crippen LogP contribution < -0.4 is 4.90 Å². The number of piperidine rings is 1. The third-order valence-corrected chi connectivity index (χ3v) is 8.58. The molecule has 1 amide bonds. The lowest BCUT2D eigenvalue weighted by molar-refractivity contribution is -0.127. The summed E-state index contributed by atoms with van der Waals surface area (Å²) >= 11 is 6.11. The van der Waals surface area contributed by atoms with E-state index in [2.05, 4.69) is 6.07 Å². The van der Waals surface area contributed by atoms with Gasteiger partial charge in [-0.25, -0.2) is 8.42 Å². The number of amides is 1. The summed E-state index contributed by atoms with van der Waals surface area (Å²) in [4.78, 5) is 15.2. The molecule has 0 atom stereocenters. The fraction of sp³-hybridized carbons (Fsp3) is 0.364. The normalized spacial score (nSPS) is 19.2. The van der Waals surface area contributed by atoms with Crippen LogP contribution >= 0.6 is 11.6 Å². The maximum atomic E-state index is 13.3. The molecule has 0 N–H and O–H groups in total. The van der Waals surface area contributed by atoms with Gasteiger partial charge in [-0.05, 0) is 49.1 Å². The van der Waals surface area contributed by atoms with E-state index in [0.717, 1.165) is 11.3 Å². The van der Waals surface area contributed by atoms with E-state index in [0.29, 0.717) is 45.3 Å². The lowest BCUT2D eigenvalue weighted by Crippen LogP contribution is -2.46. The zero-order valence-electron chi connectivity index (χ0n) is 16.4. The zero-order valence-corrected chi connectivity index (χ0v) is 18.0. The second kappa shape index (κ2) is 8.03. The van der Waals surface area contributed by atoms with Crippen molar-refractivity contribution in [2.75, 3.05) is 24.5 Å². The SMILES string of the molecule is N#CCc1ccc(N2CCC3(CCN(S(=O)(=O)c4ccccc4Cl)CC3)C2=O)cc1. The lowest BCUT2D eigenvalue weighted by atomic mass is 9.77. The molecular formula is C22H22ClN3O3S. The summed E-state index contributed by atoms with van der Waals surface area (Å²) in [5.41, 5.74) is 1.23. The van der Waals surface area contributed by atoms with Crippen LogP contribution in [0.15, 0.2) is 53.4 Å². The third-order valence-electron chi connectivity index (χ3n) is 6.18. The molecule has 2 aliphatic heterocycles. The predicted octanol–water partition coefficient (Wildman–Crippen LogP) is 3.61. The van der Waals surface area contributed by atoms with Gasteiger partial charge in [0.2, 0.25) is 15.9 Å². The van der Waals surface area contributed by atoms with E-state index in [1.165, 1.54) is 10.4 Å². The summed E-state index contributed by atoms with van der Waals surface area (Å²) in [6.07, 6.45) is 2.05. The zero-order chi connectivity index (χ0) is 21.4. The molecule has 4 rings (SSSR count). The maximum absolute atomic E-state index is 13.3. The molecule has 0 saturated carbocycles. The van der Waals surface area contributed by atoms with E-state index >= 15 is 0 Å². The van der Waals surface area contributed by atoms with Gasteiger partial charge in [-0.1, -0.05) is 35.9 Å². The highest BCUT2D eigenvalue weighted by Crippen LogP contribution is 2.44. The second-order valence-electron chi connectivity index (χ2n) is 7.82. The number of anilines is 1. The topological polar surface area (TPSA) is 81.5 Å². The van der Waals surface area contributed by atoms with Gasteiger partial charge < -0.3 is 4.90 Å². The number of rotatable bonds is 4. The van der Waals surface area contributed by atoms with Crippen molar-refractivity contribution in [3.05, 3.63) is 59.1 Å². The number of sulfonamides is 1. The lowest BCUT2D eigenvalue weighted by Gasteiger charge is -2.37. The second-order valence-corrected chi connectivity index (χ2v) is 10.1. The van der Waals surface area contributed by atoms with E-state index in [1.54, 1.807) is 23.1 Å². The van der Waals surface area contributed by atoms with Crippen LogP contribution in [0.4, 0.5) is 5.69 Å². The first-order chi connectivity index (χ1) is 14.4. The molecule has 0 unspecified atom stereocenters. The number of hydrogen-bond donors (Lipinski definition) is 0. The van der Waals surface area contributed by atoms with Crippen molar-refractivity contribution in [3.63, 3.8) is 0 Å². The van der Waals surface area contributed by atoms with Crippen LogP contribution in [-0.2, 0) is 21.2 Å². The minimum absolute atomic E-state index is 0.0605. The molecular weight excluding hydrogens is 422 g/mol. The fourth-order valence-electron chi connectivity index (χ4n) is 4.36. The van der Waals surface area contributed by atoms with E-state index in [1.807, 2.05) is 24.3 Å². The molecule has 2 aliphatic rings. The predicted molar refractivity (Wildman–Crippen MR) is 115 cm³/mol. The van der Waals surface area contributed by atoms with Crippen molar-refractivity contribution < 1.29 is 13.2 Å². The van der Waals surface area contributed by atoms with Crippen LogP contribution in [-0.4, -0.2) is 38.3 Å². The Morgan fingerprint density at radius 2 is 1.63 bits per heavy atom. The van der Waals surface area contributed by atoms with Crippen LogP contribution in [0.1, 0.15) is 24.8 Å². The first-order valence-corrected chi connectivity index (χ1v) is 11.7. The summed E-state index contributed by atoms with van der Waals surface area (Å²) in [6.45, 7) is 1.22. The average Bonchev–Trinajstić information content (AvgIpc) is 3.05. The molecule has 2 aromatic rings. The molecule has 2 saturated heterocycles. The van der Waals surface area contributed by atoms with Crippen LogP contribution in [0, 0.1) is 16.7 Å². The molecule has 6 nitrogen and oxygen atoms in total. The van der Waals surface area contributed by atoms with Crippen molar-refractivity contribution in [3.8, 4) is 6.07 Å². The van der Waals surface area contributed by atoms with Crippen LogP contribution in [0.3, 0.4) is 0 Å². The Kier molecular flexibility index (Phi) is 5.58. The van der Waals surface area contributed by atoms with Crippen LogP contribution in [0.5, 0.6) is 0 Å². The smallest absolute Gasteiger partial charge is 0.244 e. The first kappa shape index (κ1) is 20.9. The molecule has 30 heavy (non-hydrogen) atoms. The number of benzene rings is 2. The molecule has 0 bridgehead atoms. The van der Waals surface area contributed by atoms with Crippen molar-refractivity contribution in [1.82, 2.24) is 4.31 Å². The van der Waals surface area contributed by atoms with Gasteiger partial charge in [-0.2, -0.15) is 9.57 Å². The summed E-state index contributed by atoms with van der Waals surface area (Å²) in [7, 11) is -3.68. The number of carbonyl (C=O) groups excluding carboxylic acids is 1. The van der Waals surface area contributed by atoms with Gasteiger partial charge in [0.15, 0.2) is 0 Å². The molecule has 0 aromatic heterocycles. The molecule has 1 spiro atoms. The van der Waals surface area contributed by atoms with E-state index in [-0.39, 0.29) is 15.8 Å². The van der Waals surface area contributed by atoms with Gasteiger partial charge in [0, 0.05) is 25.3 Å². The monoisotopic (exact) mass is 443 g/mol. The Labute approximate surface area is 181 Å². The highest BCUT2D eigenvalue weighted by Gasteiger charge is 2.50. The highest BCUT2D eigenvalue weighted by atomic mass is 35.5. The molecule has 2 fully saturated rings. The molecule has 0 radical (unpaired) electrons. The van der Waals surface area contributed by atoms with Crippen molar-refractivity contribution in [1.29, 1.82) is 5.26 Å². The minimum atomic E-state index is -3.68. The number of halogens is 1. The molecule has 156 valence electrons. The Morgan fingerprint density at radius 3 is 2.27 bits per heavy atom. The average molecular weight is 444 g/mol. The van der Waals surface area contributed by atoms with E-state index in [4.69, 9.17) is 16.9 Å². The Hall–Kier alpha value is -2.40. The summed E-state index contributed by atoms with van der Waals surface area (Å²) in [5.74, 6) is 0.0605. The first-order valence-electron chi connectivity index (χ1n) is 9.90. The number of hydrogen-bond acceptors (Lipinski definition) is 4. The standard InChI is InChI=1S/C22H22ClN3O3S/c23-19-3-1-2-4-20(19)30(28,29)25-14-10-22(11-15-25)12-16-26(21(22)27)18-7-5-17(6-8-18)9-13-24/h1-8H,9-12,14-16H2. The number of carbonyl (C=O) groups is 1. The van der Waals surface area contributed by atoms with Gasteiger partial charge in [0.1, 0.15) is 4.90 Å². The Balaban J connectivity index is 1.47. The summed E-state index contributed by atoms with van der Waals surface area (Å²) in [6, 6.07) is 16.1. The van der Waals surface area contributed by atoms with Crippen LogP contribution in [0.25, 0.3) is 0 Å². The van der Waals surface area contributed by atoms with Crippen molar-refractivity contribution in [2.24, 2.45) is 5.41 Å². The van der Waals surface area contributed by atoms with E-state index < -0.39 is 15.4 Å². The maximum Gasteiger partial charge on any atom is 0.244 e. The Bertz CT molecular complexity index is 1100. The number of nitriles is 1. The van der Waals surface area contributed by atoms with Gasteiger partial charge in [-0.3, -0.25) is 4.79 Å². The number of nitrogens with zero attached hydrogens (tertiary/aromatic N) is 3. The van der Waals surface area contributed by atoms with Crippen molar-refractivity contribution in [2.45, 2.75) is 30.6 Å². The van der Waals surface area contributed by atoms with Gasteiger partial charge in [0.25, 0.3) is 0 Å². The van der Waals surface area contributed by atoms with Gasteiger partial charge in [-0.15, -0.1) is 0 Å². The fourth-order valence-corrected chi connectivity index (χ4v) is 6.30. The van der Waals surface area contributed by atoms with Crippen LogP contribution in [0.2, 0.25) is 5.02 Å².